The van der Waals surface area contributed by atoms with E-state index in [1.807, 2.05) is 0 Å². The van der Waals surface area contributed by atoms with Gasteiger partial charge >= 0.3 is 0 Å². The molecule has 1 aliphatic heterocycles. The van der Waals surface area contributed by atoms with Crippen molar-refractivity contribution in [1.29, 1.82) is 0 Å². The Kier molecular flexibility index (Phi) is 6.47. The number of rotatable bonds is 6. The van der Waals surface area contributed by atoms with E-state index in [0.717, 1.165) is 19.3 Å². The number of hydrogen-bond donors (Lipinski definition) is 2. The predicted molar refractivity (Wildman–Crippen MR) is 65.9 cm³/mol. The highest BCUT2D eigenvalue weighted by molar-refractivity contribution is 5.81. The van der Waals surface area contributed by atoms with Crippen LogP contribution < -0.4 is 10.6 Å². The van der Waals surface area contributed by atoms with E-state index < -0.39 is 0 Å². The summed E-state index contributed by atoms with van der Waals surface area (Å²) in [6.07, 6.45) is 3.09. The molecule has 1 aliphatic rings. The van der Waals surface area contributed by atoms with Gasteiger partial charge in [-0.3, -0.25) is 4.79 Å². The molecule has 0 spiro atoms. The third-order valence-electron chi connectivity index (χ3n) is 3.12. The first-order chi connectivity index (χ1) is 8.17. The maximum atomic E-state index is 11.9. The molecule has 100 valence electrons. The van der Waals surface area contributed by atoms with Crippen molar-refractivity contribution in [1.82, 2.24) is 10.6 Å². The lowest BCUT2D eigenvalue weighted by Crippen LogP contribution is -2.51. The van der Waals surface area contributed by atoms with Crippen LogP contribution in [0.1, 0.15) is 26.2 Å². The largest absolute Gasteiger partial charge is 0.382 e. The molecule has 0 bridgehead atoms. The quantitative estimate of drug-likeness (QED) is 0.705. The second kappa shape index (κ2) is 7.63. The summed E-state index contributed by atoms with van der Waals surface area (Å²) in [5.74, 6) is 0.0645. The van der Waals surface area contributed by atoms with Crippen LogP contribution in [-0.2, 0) is 14.3 Å². The Hall–Kier alpha value is -0.650. The normalized spacial score (nSPS) is 26.5. The number of carbonyl (C=O) groups excluding carboxylic acids is 1. The Labute approximate surface area is 103 Å². The number of methoxy groups -OCH3 is 2. The minimum Gasteiger partial charge on any atom is -0.382 e. The zero-order valence-electron chi connectivity index (χ0n) is 11.0. The third-order valence-corrected chi connectivity index (χ3v) is 3.12. The minimum atomic E-state index is -0.0787. The molecule has 0 saturated carbocycles. The smallest absolute Gasteiger partial charge is 0.237 e. The Bertz CT molecular complexity index is 236. The zero-order chi connectivity index (χ0) is 12.7. The number of hydrogen-bond acceptors (Lipinski definition) is 4. The van der Waals surface area contributed by atoms with Crippen molar-refractivity contribution in [2.45, 2.75) is 44.4 Å². The van der Waals surface area contributed by atoms with Gasteiger partial charge in [-0.2, -0.15) is 0 Å². The van der Waals surface area contributed by atoms with Crippen molar-refractivity contribution in [3.05, 3.63) is 0 Å². The highest BCUT2D eigenvalue weighted by Gasteiger charge is 2.24. The van der Waals surface area contributed by atoms with E-state index in [2.05, 4.69) is 17.6 Å². The Morgan fingerprint density at radius 2 is 2.24 bits per heavy atom. The summed E-state index contributed by atoms with van der Waals surface area (Å²) < 4.78 is 10.2. The predicted octanol–water partition coefficient (Wildman–Crippen LogP) is 0.295. The molecule has 1 saturated heterocycles. The van der Waals surface area contributed by atoms with Crippen molar-refractivity contribution in [2.24, 2.45) is 0 Å². The van der Waals surface area contributed by atoms with Gasteiger partial charge in [0.05, 0.1) is 18.8 Å². The maximum Gasteiger partial charge on any atom is 0.237 e. The second-order valence-corrected chi connectivity index (χ2v) is 4.61. The number of carbonyl (C=O) groups is 1. The average molecular weight is 244 g/mol. The van der Waals surface area contributed by atoms with Crippen molar-refractivity contribution in [3.63, 3.8) is 0 Å². The van der Waals surface area contributed by atoms with Crippen LogP contribution >= 0.6 is 0 Å². The molecule has 1 heterocycles. The summed E-state index contributed by atoms with van der Waals surface area (Å²) in [5, 5.41) is 6.21. The van der Waals surface area contributed by atoms with Gasteiger partial charge in [0.15, 0.2) is 0 Å². The number of piperidine rings is 1. The van der Waals surface area contributed by atoms with E-state index in [1.54, 1.807) is 14.2 Å². The lowest BCUT2D eigenvalue weighted by atomic mass is 9.99. The molecule has 0 aliphatic carbocycles. The van der Waals surface area contributed by atoms with Gasteiger partial charge in [-0.1, -0.05) is 0 Å². The topological polar surface area (TPSA) is 59.6 Å². The monoisotopic (exact) mass is 244 g/mol. The van der Waals surface area contributed by atoms with Crippen LogP contribution in [0, 0.1) is 0 Å². The van der Waals surface area contributed by atoms with Gasteiger partial charge in [0, 0.05) is 26.8 Å². The molecule has 1 fully saturated rings. The third kappa shape index (κ3) is 5.02. The fraction of sp³-hybridized carbons (Fsp3) is 0.917. The number of ether oxygens (including phenoxy) is 2. The van der Waals surface area contributed by atoms with E-state index in [-0.39, 0.29) is 18.1 Å². The summed E-state index contributed by atoms with van der Waals surface area (Å²) in [7, 11) is 3.25. The van der Waals surface area contributed by atoms with Crippen LogP contribution in [0.3, 0.4) is 0 Å². The molecule has 1 amide bonds. The summed E-state index contributed by atoms with van der Waals surface area (Å²) in [4.78, 5) is 11.9. The minimum absolute atomic E-state index is 0.0567. The summed E-state index contributed by atoms with van der Waals surface area (Å²) >= 11 is 0. The van der Waals surface area contributed by atoms with Gasteiger partial charge in [0.25, 0.3) is 0 Å². The summed E-state index contributed by atoms with van der Waals surface area (Å²) in [6.45, 7) is 3.10. The summed E-state index contributed by atoms with van der Waals surface area (Å²) in [6, 6.07) is 0.371. The Morgan fingerprint density at radius 3 is 2.82 bits per heavy atom. The van der Waals surface area contributed by atoms with Gasteiger partial charge in [0.2, 0.25) is 5.91 Å². The second-order valence-electron chi connectivity index (χ2n) is 4.61. The molecular weight excluding hydrogens is 220 g/mol. The van der Waals surface area contributed by atoms with Crippen LogP contribution in [0.5, 0.6) is 0 Å². The first-order valence-electron chi connectivity index (χ1n) is 6.22. The molecule has 0 aromatic carbocycles. The standard InChI is InChI=1S/C12H24N2O3/c1-9-5-4-6-11(14-9)12(15)13-7-10(17-3)8-16-2/h9-11,14H,4-8H2,1-3H3,(H,13,15). The average Bonchev–Trinajstić information content (AvgIpc) is 2.34. The molecule has 5 heteroatoms. The molecule has 0 aromatic heterocycles. The van der Waals surface area contributed by atoms with E-state index in [4.69, 9.17) is 9.47 Å². The lowest BCUT2D eigenvalue weighted by Gasteiger charge is -2.28. The van der Waals surface area contributed by atoms with Crippen LogP contribution in [0.15, 0.2) is 0 Å². The maximum absolute atomic E-state index is 11.9. The van der Waals surface area contributed by atoms with Crippen LogP contribution in [0.4, 0.5) is 0 Å². The van der Waals surface area contributed by atoms with Crippen molar-refractivity contribution in [2.75, 3.05) is 27.4 Å². The van der Waals surface area contributed by atoms with E-state index in [9.17, 15) is 4.79 Å². The molecular formula is C12H24N2O3. The van der Waals surface area contributed by atoms with E-state index in [0.29, 0.717) is 19.2 Å². The van der Waals surface area contributed by atoms with Crippen molar-refractivity contribution < 1.29 is 14.3 Å². The van der Waals surface area contributed by atoms with Gasteiger partial charge in [0.1, 0.15) is 0 Å². The Balaban J connectivity index is 2.28. The van der Waals surface area contributed by atoms with Crippen LogP contribution in [0.25, 0.3) is 0 Å². The number of nitrogens with one attached hydrogen (secondary N) is 2. The zero-order valence-corrected chi connectivity index (χ0v) is 11.0. The first kappa shape index (κ1) is 14.4. The molecule has 3 atom stereocenters. The van der Waals surface area contributed by atoms with Crippen molar-refractivity contribution >= 4 is 5.91 Å². The number of amides is 1. The van der Waals surface area contributed by atoms with E-state index in [1.165, 1.54) is 0 Å². The molecule has 0 aromatic rings. The molecule has 0 radical (unpaired) electrons. The van der Waals surface area contributed by atoms with E-state index >= 15 is 0 Å². The van der Waals surface area contributed by atoms with Crippen molar-refractivity contribution in [3.8, 4) is 0 Å². The Morgan fingerprint density at radius 1 is 1.47 bits per heavy atom. The molecule has 2 N–H and O–H groups in total. The molecule has 17 heavy (non-hydrogen) atoms. The summed E-state index contributed by atoms with van der Waals surface area (Å²) in [5.41, 5.74) is 0. The lowest BCUT2D eigenvalue weighted by molar-refractivity contribution is -0.124. The van der Waals surface area contributed by atoms with Gasteiger partial charge in [-0.25, -0.2) is 0 Å². The van der Waals surface area contributed by atoms with Crippen LogP contribution in [-0.4, -0.2) is 51.5 Å². The molecule has 1 rings (SSSR count). The molecule has 3 unspecified atom stereocenters. The fourth-order valence-electron chi connectivity index (χ4n) is 2.08. The first-order valence-corrected chi connectivity index (χ1v) is 6.22. The van der Waals surface area contributed by atoms with Gasteiger partial charge in [-0.15, -0.1) is 0 Å². The highest BCUT2D eigenvalue weighted by atomic mass is 16.5. The van der Waals surface area contributed by atoms with Crippen LogP contribution in [0.2, 0.25) is 0 Å². The van der Waals surface area contributed by atoms with Gasteiger partial charge in [-0.05, 0) is 26.2 Å². The highest BCUT2D eigenvalue weighted by Crippen LogP contribution is 2.12. The van der Waals surface area contributed by atoms with Gasteiger partial charge < -0.3 is 20.1 Å². The molecule has 5 nitrogen and oxygen atoms in total. The SMILES string of the molecule is COCC(CNC(=O)C1CCCC(C)N1)OC. The fourth-order valence-corrected chi connectivity index (χ4v) is 2.08.